The summed E-state index contributed by atoms with van der Waals surface area (Å²) in [4.78, 5) is 38.1. The predicted octanol–water partition coefficient (Wildman–Crippen LogP) is 2.08. The Balaban J connectivity index is 2.02. The van der Waals surface area contributed by atoms with Crippen molar-refractivity contribution in [2.45, 2.75) is 4.90 Å². The van der Waals surface area contributed by atoms with Crippen molar-refractivity contribution in [2.24, 2.45) is 0 Å². The average Bonchev–Trinajstić information content (AvgIpc) is 2.64. The molecule has 26 heavy (non-hydrogen) atoms. The SMILES string of the molecule is CN(C)C(=O)CSc1ccccc1C(=O)NNC(=O)c1ccccc1F. The van der Waals surface area contributed by atoms with Crippen molar-refractivity contribution in [1.29, 1.82) is 0 Å². The monoisotopic (exact) mass is 375 g/mol. The van der Waals surface area contributed by atoms with Gasteiger partial charge in [-0.3, -0.25) is 25.2 Å². The number of hydrogen-bond acceptors (Lipinski definition) is 4. The summed E-state index contributed by atoms with van der Waals surface area (Å²) in [5.41, 5.74) is 4.58. The highest BCUT2D eigenvalue weighted by Gasteiger charge is 2.15. The van der Waals surface area contributed by atoms with Crippen LogP contribution >= 0.6 is 11.8 Å². The first-order chi connectivity index (χ1) is 12.4. The van der Waals surface area contributed by atoms with Gasteiger partial charge in [0.25, 0.3) is 11.8 Å². The fourth-order valence-corrected chi connectivity index (χ4v) is 2.97. The first kappa shape index (κ1) is 19.5. The van der Waals surface area contributed by atoms with E-state index in [9.17, 15) is 18.8 Å². The van der Waals surface area contributed by atoms with E-state index in [0.717, 1.165) is 6.07 Å². The molecule has 0 saturated carbocycles. The fraction of sp³-hybridized carbons (Fsp3) is 0.167. The lowest BCUT2D eigenvalue weighted by Gasteiger charge is -2.12. The summed E-state index contributed by atoms with van der Waals surface area (Å²) in [6, 6.07) is 12.2. The molecule has 0 aliphatic carbocycles. The van der Waals surface area contributed by atoms with Crippen molar-refractivity contribution in [2.75, 3.05) is 19.8 Å². The van der Waals surface area contributed by atoms with Crippen LogP contribution in [0.2, 0.25) is 0 Å². The van der Waals surface area contributed by atoms with E-state index in [1.165, 1.54) is 34.9 Å². The van der Waals surface area contributed by atoms with Gasteiger partial charge in [0.2, 0.25) is 5.91 Å². The van der Waals surface area contributed by atoms with Gasteiger partial charge in [0.1, 0.15) is 5.82 Å². The standard InChI is InChI=1S/C18H18FN3O3S/c1-22(2)16(23)11-26-15-10-6-4-8-13(15)18(25)21-20-17(24)12-7-3-5-9-14(12)19/h3-10H,11H2,1-2H3,(H,20,24)(H,21,25). The molecule has 0 radical (unpaired) electrons. The predicted molar refractivity (Wildman–Crippen MR) is 97.2 cm³/mol. The maximum absolute atomic E-state index is 13.6. The molecular weight excluding hydrogens is 357 g/mol. The van der Waals surface area contributed by atoms with Crippen LogP contribution < -0.4 is 10.9 Å². The Morgan fingerprint density at radius 2 is 1.46 bits per heavy atom. The summed E-state index contributed by atoms with van der Waals surface area (Å²) < 4.78 is 13.6. The molecule has 0 saturated heterocycles. The van der Waals surface area contributed by atoms with Crippen molar-refractivity contribution in [3.8, 4) is 0 Å². The third kappa shape index (κ3) is 5.06. The van der Waals surface area contributed by atoms with Crippen molar-refractivity contribution in [3.63, 3.8) is 0 Å². The first-order valence-electron chi connectivity index (χ1n) is 7.67. The molecule has 2 aromatic rings. The molecule has 0 fully saturated rings. The number of carbonyl (C=O) groups excluding carboxylic acids is 3. The number of carbonyl (C=O) groups is 3. The third-order valence-electron chi connectivity index (χ3n) is 3.39. The largest absolute Gasteiger partial charge is 0.348 e. The van der Waals surface area contributed by atoms with Crippen molar-refractivity contribution in [1.82, 2.24) is 15.8 Å². The molecule has 136 valence electrons. The van der Waals surface area contributed by atoms with Gasteiger partial charge in [-0.25, -0.2) is 4.39 Å². The van der Waals surface area contributed by atoms with Crippen molar-refractivity contribution < 1.29 is 18.8 Å². The number of thioether (sulfide) groups is 1. The molecule has 0 unspecified atom stereocenters. The number of rotatable bonds is 5. The van der Waals surface area contributed by atoms with E-state index in [2.05, 4.69) is 10.9 Å². The molecule has 0 aromatic heterocycles. The van der Waals surface area contributed by atoms with Crippen LogP contribution in [-0.4, -0.2) is 42.5 Å². The molecule has 3 amide bonds. The van der Waals surface area contributed by atoms with Gasteiger partial charge in [-0.05, 0) is 24.3 Å². The molecule has 0 aliphatic rings. The quantitative estimate of drug-likeness (QED) is 0.620. The van der Waals surface area contributed by atoms with E-state index >= 15 is 0 Å². The average molecular weight is 375 g/mol. The van der Waals surface area contributed by atoms with Gasteiger partial charge >= 0.3 is 0 Å². The second-order valence-electron chi connectivity index (χ2n) is 5.46. The minimum Gasteiger partial charge on any atom is -0.348 e. The lowest BCUT2D eigenvalue weighted by Crippen LogP contribution is -2.42. The number of halogens is 1. The van der Waals surface area contributed by atoms with Crippen LogP contribution in [0.3, 0.4) is 0 Å². The van der Waals surface area contributed by atoms with Gasteiger partial charge in [0, 0.05) is 19.0 Å². The van der Waals surface area contributed by atoms with E-state index in [-0.39, 0.29) is 17.2 Å². The van der Waals surface area contributed by atoms with E-state index < -0.39 is 17.6 Å². The molecule has 0 aliphatic heterocycles. The number of nitrogens with one attached hydrogen (secondary N) is 2. The second-order valence-corrected chi connectivity index (χ2v) is 6.48. The smallest absolute Gasteiger partial charge is 0.272 e. The first-order valence-corrected chi connectivity index (χ1v) is 8.66. The van der Waals surface area contributed by atoms with Gasteiger partial charge in [-0.2, -0.15) is 0 Å². The maximum atomic E-state index is 13.6. The summed E-state index contributed by atoms with van der Waals surface area (Å²) in [7, 11) is 3.31. The maximum Gasteiger partial charge on any atom is 0.272 e. The third-order valence-corrected chi connectivity index (χ3v) is 4.45. The highest BCUT2D eigenvalue weighted by Crippen LogP contribution is 2.22. The Hall–Kier alpha value is -2.87. The van der Waals surface area contributed by atoms with E-state index in [4.69, 9.17) is 0 Å². The summed E-state index contributed by atoms with van der Waals surface area (Å²) in [6.45, 7) is 0. The summed E-state index contributed by atoms with van der Waals surface area (Å²) >= 11 is 1.22. The lowest BCUT2D eigenvalue weighted by atomic mass is 10.2. The zero-order valence-electron chi connectivity index (χ0n) is 14.3. The van der Waals surface area contributed by atoms with Crippen LogP contribution in [0.15, 0.2) is 53.4 Å². The Bertz CT molecular complexity index is 827. The molecule has 0 heterocycles. The number of hydrazine groups is 1. The van der Waals surface area contributed by atoms with E-state index in [0.29, 0.717) is 10.5 Å². The molecule has 0 atom stereocenters. The normalized spacial score (nSPS) is 10.1. The van der Waals surface area contributed by atoms with E-state index in [1.54, 1.807) is 38.4 Å². The zero-order valence-corrected chi connectivity index (χ0v) is 15.1. The highest BCUT2D eigenvalue weighted by molar-refractivity contribution is 8.00. The van der Waals surface area contributed by atoms with Gasteiger partial charge in [0.05, 0.1) is 16.9 Å². The van der Waals surface area contributed by atoms with Gasteiger partial charge in [-0.1, -0.05) is 24.3 Å². The van der Waals surface area contributed by atoms with Gasteiger partial charge < -0.3 is 4.90 Å². The number of nitrogens with zero attached hydrogens (tertiary/aromatic N) is 1. The molecular formula is C18H18FN3O3S. The number of amides is 3. The van der Waals surface area contributed by atoms with Crippen LogP contribution in [-0.2, 0) is 4.79 Å². The fourth-order valence-electron chi connectivity index (χ4n) is 1.94. The molecule has 2 aromatic carbocycles. The van der Waals surface area contributed by atoms with Crippen molar-refractivity contribution >= 4 is 29.5 Å². The van der Waals surface area contributed by atoms with Gasteiger partial charge in [0.15, 0.2) is 0 Å². The molecule has 2 rings (SSSR count). The summed E-state index contributed by atoms with van der Waals surface area (Å²) in [6.07, 6.45) is 0. The topological polar surface area (TPSA) is 78.5 Å². The Morgan fingerprint density at radius 3 is 2.08 bits per heavy atom. The summed E-state index contributed by atoms with van der Waals surface area (Å²) in [5, 5.41) is 0. The van der Waals surface area contributed by atoms with Crippen LogP contribution in [0.25, 0.3) is 0 Å². The lowest BCUT2D eigenvalue weighted by molar-refractivity contribution is -0.125. The highest BCUT2D eigenvalue weighted by atomic mass is 32.2. The van der Waals surface area contributed by atoms with Gasteiger partial charge in [-0.15, -0.1) is 11.8 Å². The Labute approximate surface area is 154 Å². The van der Waals surface area contributed by atoms with Crippen LogP contribution in [0, 0.1) is 5.82 Å². The van der Waals surface area contributed by atoms with Crippen LogP contribution in [0.4, 0.5) is 4.39 Å². The minimum absolute atomic E-state index is 0.0851. The zero-order chi connectivity index (χ0) is 19.1. The molecule has 8 heteroatoms. The van der Waals surface area contributed by atoms with Crippen LogP contribution in [0.5, 0.6) is 0 Å². The molecule has 0 spiro atoms. The van der Waals surface area contributed by atoms with Crippen LogP contribution in [0.1, 0.15) is 20.7 Å². The Morgan fingerprint density at radius 1 is 0.923 bits per heavy atom. The second kappa shape index (κ2) is 9.00. The van der Waals surface area contributed by atoms with E-state index in [1.807, 2.05) is 0 Å². The molecule has 6 nitrogen and oxygen atoms in total. The molecule has 2 N–H and O–H groups in total. The summed E-state index contributed by atoms with van der Waals surface area (Å²) in [5.74, 6) is -1.91. The van der Waals surface area contributed by atoms with Crippen molar-refractivity contribution in [3.05, 3.63) is 65.5 Å². The number of benzene rings is 2. The molecule has 0 bridgehead atoms. The number of hydrogen-bond donors (Lipinski definition) is 2. The Kier molecular flexibility index (Phi) is 6.74. The minimum atomic E-state index is -0.760.